The molecule has 1 aromatic heterocycles. The Kier molecular flexibility index (Phi) is 4.79. The number of carbonyl (C=O) groups excluding carboxylic acids is 1. The van der Waals surface area contributed by atoms with Gasteiger partial charge in [-0.3, -0.25) is 4.79 Å². The first-order valence-corrected chi connectivity index (χ1v) is 7.95. The van der Waals surface area contributed by atoms with Crippen molar-refractivity contribution >= 4 is 29.1 Å². The minimum absolute atomic E-state index is 0.128. The molecule has 4 nitrogen and oxygen atoms in total. The number of aromatic nitrogens is 1. The first kappa shape index (κ1) is 17.8. The molecule has 1 aromatic carbocycles. The molecule has 2 heterocycles. The highest BCUT2D eigenvalue weighted by Crippen LogP contribution is 2.29. The average Bonchev–Trinajstić information content (AvgIpc) is 2.49. The van der Waals surface area contributed by atoms with Crippen molar-refractivity contribution in [3.8, 4) is 5.88 Å². The highest BCUT2D eigenvalue weighted by Gasteiger charge is 2.35. The summed E-state index contributed by atoms with van der Waals surface area (Å²) < 4.78 is 43.3. The van der Waals surface area contributed by atoms with Gasteiger partial charge in [-0.05, 0) is 24.3 Å². The van der Waals surface area contributed by atoms with Crippen LogP contribution >= 0.6 is 23.2 Å². The number of benzene rings is 1. The van der Waals surface area contributed by atoms with Gasteiger partial charge in [0.1, 0.15) is 11.8 Å². The molecule has 1 aliphatic heterocycles. The molecule has 132 valence electrons. The van der Waals surface area contributed by atoms with E-state index in [0.29, 0.717) is 10.6 Å². The third kappa shape index (κ3) is 3.99. The SMILES string of the molecule is O=C(c1ccc(Cl)cc1Cl)N1CC(Oc2cccc(C(F)(F)F)n2)C1. The molecule has 0 bridgehead atoms. The third-order valence-corrected chi connectivity index (χ3v) is 4.15. The standard InChI is InChI=1S/C16H11Cl2F3N2O2/c17-9-4-5-11(12(18)6-9)15(24)23-7-10(8-23)25-14-3-1-2-13(22-14)16(19,20)21/h1-6,10H,7-8H2. The monoisotopic (exact) mass is 390 g/mol. The molecule has 0 radical (unpaired) electrons. The Morgan fingerprint density at radius 2 is 1.92 bits per heavy atom. The van der Waals surface area contributed by atoms with Gasteiger partial charge in [0, 0.05) is 11.1 Å². The van der Waals surface area contributed by atoms with Crippen molar-refractivity contribution in [1.82, 2.24) is 9.88 Å². The normalized spacial score (nSPS) is 15.0. The molecule has 1 amide bonds. The summed E-state index contributed by atoms with van der Waals surface area (Å²) in [7, 11) is 0. The molecule has 0 unspecified atom stereocenters. The van der Waals surface area contributed by atoms with E-state index in [1.54, 1.807) is 6.07 Å². The van der Waals surface area contributed by atoms with E-state index < -0.39 is 18.0 Å². The summed E-state index contributed by atoms with van der Waals surface area (Å²) in [4.78, 5) is 17.2. The van der Waals surface area contributed by atoms with Crippen molar-refractivity contribution in [1.29, 1.82) is 0 Å². The van der Waals surface area contributed by atoms with Gasteiger partial charge in [0.15, 0.2) is 0 Å². The first-order valence-electron chi connectivity index (χ1n) is 7.19. The second-order valence-corrected chi connectivity index (χ2v) is 6.28. The van der Waals surface area contributed by atoms with Crippen LogP contribution in [-0.2, 0) is 6.18 Å². The van der Waals surface area contributed by atoms with Crippen LogP contribution in [0.25, 0.3) is 0 Å². The molecule has 9 heteroatoms. The minimum atomic E-state index is -4.54. The van der Waals surface area contributed by atoms with Crippen molar-refractivity contribution in [2.24, 2.45) is 0 Å². The van der Waals surface area contributed by atoms with Gasteiger partial charge >= 0.3 is 6.18 Å². The van der Waals surface area contributed by atoms with Gasteiger partial charge in [-0.15, -0.1) is 0 Å². The summed E-state index contributed by atoms with van der Waals surface area (Å²) in [6, 6.07) is 7.98. The van der Waals surface area contributed by atoms with Crippen LogP contribution in [0.2, 0.25) is 10.0 Å². The number of hydrogen-bond acceptors (Lipinski definition) is 3. The fourth-order valence-electron chi connectivity index (χ4n) is 2.32. The number of likely N-dealkylation sites (tertiary alicyclic amines) is 1. The second-order valence-electron chi connectivity index (χ2n) is 5.43. The van der Waals surface area contributed by atoms with E-state index in [2.05, 4.69) is 4.98 Å². The summed E-state index contributed by atoms with van der Waals surface area (Å²) in [5.41, 5.74) is -0.716. The van der Waals surface area contributed by atoms with Crippen LogP contribution in [0.1, 0.15) is 16.1 Å². The van der Waals surface area contributed by atoms with Crippen LogP contribution < -0.4 is 4.74 Å². The number of carbonyl (C=O) groups is 1. The van der Waals surface area contributed by atoms with E-state index in [4.69, 9.17) is 27.9 Å². The maximum Gasteiger partial charge on any atom is 0.433 e. The lowest BCUT2D eigenvalue weighted by atomic mass is 10.1. The Labute approximate surface area is 151 Å². The van der Waals surface area contributed by atoms with Crippen LogP contribution in [0, 0.1) is 0 Å². The van der Waals surface area contributed by atoms with Gasteiger partial charge in [-0.25, -0.2) is 4.98 Å². The van der Waals surface area contributed by atoms with Gasteiger partial charge in [0.25, 0.3) is 5.91 Å². The maximum absolute atomic E-state index is 12.6. The Morgan fingerprint density at radius 1 is 1.20 bits per heavy atom. The first-order chi connectivity index (χ1) is 11.7. The average molecular weight is 391 g/mol. The zero-order valence-electron chi connectivity index (χ0n) is 12.6. The molecular formula is C16H11Cl2F3N2O2. The lowest BCUT2D eigenvalue weighted by Gasteiger charge is -2.38. The lowest BCUT2D eigenvalue weighted by molar-refractivity contribution is -0.141. The number of ether oxygens (including phenoxy) is 1. The molecule has 1 saturated heterocycles. The predicted molar refractivity (Wildman–Crippen MR) is 86.0 cm³/mol. The van der Waals surface area contributed by atoms with Crippen LogP contribution in [0.15, 0.2) is 36.4 Å². The summed E-state index contributed by atoms with van der Waals surface area (Å²) in [5.74, 6) is -0.421. The Hall–Kier alpha value is -1.99. The van der Waals surface area contributed by atoms with E-state index >= 15 is 0 Å². The Balaban J connectivity index is 1.60. The van der Waals surface area contributed by atoms with Gasteiger partial charge < -0.3 is 9.64 Å². The summed E-state index contributed by atoms with van der Waals surface area (Å²) in [6.45, 7) is 0.464. The van der Waals surface area contributed by atoms with Gasteiger partial charge in [0.2, 0.25) is 5.88 Å². The van der Waals surface area contributed by atoms with Crippen molar-refractivity contribution in [2.75, 3.05) is 13.1 Å². The smallest absolute Gasteiger partial charge is 0.433 e. The fourth-order valence-corrected chi connectivity index (χ4v) is 2.81. The molecular weight excluding hydrogens is 380 g/mol. The highest BCUT2D eigenvalue weighted by atomic mass is 35.5. The number of halogens is 5. The second kappa shape index (κ2) is 6.72. The van der Waals surface area contributed by atoms with E-state index in [9.17, 15) is 18.0 Å². The van der Waals surface area contributed by atoms with Crippen molar-refractivity contribution in [2.45, 2.75) is 12.3 Å². The third-order valence-electron chi connectivity index (χ3n) is 3.60. The van der Waals surface area contributed by atoms with E-state index in [1.165, 1.54) is 29.2 Å². The molecule has 0 atom stereocenters. The number of amides is 1. The van der Waals surface area contributed by atoms with Gasteiger partial charge in [-0.1, -0.05) is 29.3 Å². The molecule has 0 spiro atoms. The number of rotatable bonds is 3. The van der Waals surface area contributed by atoms with E-state index in [1.807, 2.05) is 0 Å². The predicted octanol–water partition coefficient (Wildman–Crippen LogP) is 4.31. The molecule has 2 aromatic rings. The highest BCUT2D eigenvalue weighted by molar-refractivity contribution is 6.36. The van der Waals surface area contributed by atoms with Crippen molar-refractivity contribution in [3.63, 3.8) is 0 Å². The molecule has 0 aliphatic carbocycles. The number of alkyl halides is 3. The number of pyridine rings is 1. The minimum Gasteiger partial charge on any atom is -0.471 e. The van der Waals surface area contributed by atoms with Gasteiger partial charge in [0.05, 0.1) is 23.7 Å². The van der Waals surface area contributed by atoms with Crippen LogP contribution in [0.5, 0.6) is 5.88 Å². The lowest BCUT2D eigenvalue weighted by Crippen LogP contribution is -2.56. The topological polar surface area (TPSA) is 42.4 Å². The van der Waals surface area contributed by atoms with E-state index in [0.717, 1.165) is 6.07 Å². The molecule has 0 N–H and O–H groups in total. The van der Waals surface area contributed by atoms with E-state index in [-0.39, 0.29) is 29.9 Å². The zero-order chi connectivity index (χ0) is 18.2. The zero-order valence-corrected chi connectivity index (χ0v) is 14.1. The van der Waals surface area contributed by atoms with Crippen LogP contribution in [0.4, 0.5) is 13.2 Å². The number of nitrogens with zero attached hydrogens (tertiary/aromatic N) is 2. The van der Waals surface area contributed by atoms with Crippen molar-refractivity contribution in [3.05, 3.63) is 57.7 Å². The molecule has 1 fully saturated rings. The van der Waals surface area contributed by atoms with Crippen molar-refractivity contribution < 1.29 is 22.7 Å². The molecule has 25 heavy (non-hydrogen) atoms. The maximum atomic E-state index is 12.6. The summed E-state index contributed by atoms with van der Waals surface area (Å²) in [5, 5.41) is 0.656. The van der Waals surface area contributed by atoms with Crippen LogP contribution in [0.3, 0.4) is 0 Å². The molecule has 3 rings (SSSR count). The van der Waals surface area contributed by atoms with Gasteiger partial charge in [-0.2, -0.15) is 13.2 Å². The largest absolute Gasteiger partial charge is 0.471 e. The molecule has 1 aliphatic rings. The molecule has 0 saturated carbocycles. The van der Waals surface area contributed by atoms with Crippen LogP contribution in [-0.4, -0.2) is 35.0 Å². The summed E-state index contributed by atoms with van der Waals surface area (Å²) >= 11 is 11.8. The Morgan fingerprint density at radius 3 is 2.56 bits per heavy atom. The quantitative estimate of drug-likeness (QED) is 0.783. The Bertz CT molecular complexity index is 808. The number of hydrogen-bond donors (Lipinski definition) is 0. The fraction of sp³-hybridized carbons (Fsp3) is 0.250. The summed E-state index contributed by atoms with van der Waals surface area (Å²) in [6.07, 6.45) is -4.96.